The second-order valence-electron chi connectivity index (χ2n) is 11.3. The predicted molar refractivity (Wildman–Crippen MR) is 150 cm³/mol. The summed E-state index contributed by atoms with van der Waals surface area (Å²) in [6.45, 7) is 11.7. The van der Waals surface area contributed by atoms with Crippen LogP contribution in [0.2, 0.25) is 0 Å². The maximum Gasteiger partial charge on any atom is 0.408 e. The molecule has 0 saturated carbocycles. The topological polar surface area (TPSA) is 134 Å². The van der Waals surface area contributed by atoms with Crippen LogP contribution >= 0.6 is 0 Å². The summed E-state index contributed by atoms with van der Waals surface area (Å²) in [7, 11) is 0. The van der Waals surface area contributed by atoms with Crippen LogP contribution in [0.3, 0.4) is 0 Å². The zero-order chi connectivity index (χ0) is 30.1. The molecule has 2 unspecified atom stereocenters. The van der Waals surface area contributed by atoms with Gasteiger partial charge in [0.05, 0.1) is 0 Å². The molecule has 10 nitrogen and oxygen atoms in total. The van der Waals surface area contributed by atoms with Crippen LogP contribution in [-0.2, 0) is 30.3 Å². The van der Waals surface area contributed by atoms with Crippen LogP contribution in [0.4, 0.5) is 4.79 Å². The van der Waals surface area contributed by atoms with Crippen molar-refractivity contribution in [2.24, 2.45) is 0 Å². The standard InChI is InChI=1S/C30H41N3O7/c1-8-33(24(35)19-31-28(38)40-30(5,6)7)25(21-14-16-22(34)17-15-21)26(36)32-23(27(37)39-29(2,3)4)18-20-12-10-9-11-13-20/h9-17,23,25,34H,8,18-19H2,1-7H3,(H,31,38)(H,32,36). The minimum absolute atomic E-state index is 0.0143. The number of alkyl carbamates (subject to hydrolysis) is 1. The largest absolute Gasteiger partial charge is 0.508 e. The summed E-state index contributed by atoms with van der Waals surface area (Å²) in [6.07, 6.45) is -0.597. The van der Waals surface area contributed by atoms with Crippen molar-refractivity contribution in [2.75, 3.05) is 13.1 Å². The Kier molecular flexibility index (Phi) is 11.1. The van der Waals surface area contributed by atoms with Crippen LogP contribution < -0.4 is 10.6 Å². The fourth-order valence-electron chi connectivity index (χ4n) is 3.86. The molecule has 3 N–H and O–H groups in total. The predicted octanol–water partition coefficient (Wildman–Crippen LogP) is 3.88. The lowest BCUT2D eigenvalue weighted by Crippen LogP contribution is -2.52. The highest BCUT2D eigenvalue weighted by Crippen LogP contribution is 2.24. The van der Waals surface area contributed by atoms with Crippen LogP contribution in [0.1, 0.15) is 65.6 Å². The lowest BCUT2D eigenvalue weighted by atomic mass is 10.0. The molecular formula is C30H41N3O7. The van der Waals surface area contributed by atoms with Crippen molar-refractivity contribution < 1.29 is 33.8 Å². The molecule has 0 aliphatic heterocycles. The molecule has 3 amide bonds. The first-order valence-corrected chi connectivity index (χ1v) is 13.2. The summed E-state index contributed by atoms with van der Waals surface area (Å²) in [4.78, 5) is 53.7. The summed E-state index contributed by atoms with van der Waals surface area (Å²) in [5.41, 5.74) is -0.317. The van der Waals surface area contributed by atoms with E-state index in [0.29, 0.717) is 5.56 Å². The molecule has 218 valence electrons. The number of likely N-dealkylation sites (N-methyl/N-ethyl adjacent to an activating group) is 1. The summed E-state index contributed by atoms with van der Waals surface area (Å²) < 4.78 is 10.8. The number of rotatable bonds is 10. The Morgan fingerprint density at radius 3 is 1.98 bits per heavy atom. The Morgan fingerprint density at radius 1 is 0.875 bits per heavy atom. The molecule has 2 rings (SSSR count). The molecule has 0 aromatic heterocycles. The molecule has 0 aliphatic rings. The van der Waals surface area contributed by atoms with Crippen molar-refractivity contribution in [1.82, 2.24) is 15.5 Å². The van der Waals surface area contributed by atoms with Gasteiger partial charge < -0.3 is 30.1 Å². The number of phenols is 1. The minimum atomic E-state index is -1.17. The number of esters is 1. The van der Waals surface area contributed by atoms with E-state index >= 15 is 0 Å². The number of hydrogen-bond donors (Lipinski definition) is 3. The molecule has 0 bridgehead atoms. The lowest BCUT2D eigenvalue weighted by Gasteiger charge is -2.32. The van der Waals surface area contributed by atoms with Crippen molar-refractivity contribution in [3.05, 3.63) is 65.7 Å². The van der Waals surface area contributed by atoms with E-state index in [2.05, 4.69) is 10.6 Å². The van der Waals surface area contributed by atoms with Crippen LogP contribution in [-0.4, -0.2) is 64.2 Å². The molecule has 2 aromatic rings. The monoisotopic (exact) mass is 555 g/mol. The fourth-order valence-corrected chi connectivity index (χ4v) is 3.86. The maximum atomic E-state index is 13.8. The number of phenolic OH excluding ortho intramolecular Hbond substituents is 1. The van der Waals surface area contributed by atoms with Crippen molar-refractivity contribution >= 4 is 23.9 Å². The molecule has 0 aliphatic carbocycles. The number of nitrogens with one attached hydrogen (secondary N) is 2. The Morgan fingerprint density at radius 2 is 1.45 bits per heavy atom. The highest BCUT2D eigenvalue weighted by Gasteiger charge is 2.35. The van der Waals surface area contributed by atoms with Crippen LogP contribution in [0.25, 0.3) is 0 Å². The number of amides is 3. The van der Waals surface area contributed by atoms with Gasteiger partial charge in [0.1, 0.15) is 35.6 Å². The van der Waals surface area contributed by atoms with E-state index in [0.717, 1.165) is 5.56 Å². The van der Waals surface area contributed by atoms with Gasteiger partial charge in [0.2, 0.25) is 11.8 Å². The van der Waals surface area contributed by atoms with Gasteiger partial charge in [0.25, 0.3) is 0 Å². The van der Waals surface area contributed by atoms with Gasteiger partial charge in [-0.3, -0.25) is 9.59 Å². The number of carbonyl (C=O) groups is 4. The number of carbonyl (C=O) groups excluding carboxylic acids is 4. The number of ether oxygens (including phenoxy) is 2. The van der Waals surface area contributed by atoms with Crippen molar-refractivity contribution in [3.63, 3.8) is 0 Å². The average Bonchev–Trinajstić information content (AvgIpc) is 2.84. The van der Waals surface area contributed by atoms with Crippen molar-refractivity contribution in [1.29, 1.82) is 0 Å². The van der Waals surface area contributed by atoms with Gasteiger partial charge in [0, 0.05) is 13.0 Å². The van der Waals surface area contributed by atoms with E-state index in [1.807, 2.05) is 30.3 Å². The third kappa shape index (κ3) is 10.6. The molecule has 40 heavy (non-hydrogen) atoms. The zero-order valence-electron chi connectivity index (χ0n) is 24.3. The van der Waals surface area contributed by atoms with E-state index in [4.69, 9.17) is 9.47 Å². The first-order chi connectivity index (χ1) is 18.6. The molecule has 0 spiro atoms. The normalized spacial score (nSPS) is 13.0. The molecule has 2 atom stereocenters. The Bertz CT molecular complexity index is 1150. The molecule has 0 radical (unpaired) electrons. The van der Waals surface area contributed by atoms with E-state index < -0.39 is 53.7 Å². The van der Waals surface area contributed by atoms with E-state index in [1.54, 1.807) is 48.5 Å². The van der Waals surface area contributed by atoms with E-state index in [9.17, 15) is 24.3 Å². The first kappa shape index (κ1) is 32.1. The summed E-state index contributed by atoms with van der Waals surface area (Å²) in [6, 6.07) is 12.8. The van der Waals surface area contributed by atoms with E-state index in [-0.39, 0.29) is 18.7 Å². The zero-order valence-corrected chi connectivity index (χ0v) is 24.3. The van der Waals surface area contributed by atoms with Gasteiger partial charge in [-0.05, 0) is 71.7 Å². The third-order valence-corrected chi connectivity index (χ3v) is 5.50. The summed E-state index contributed by atoms with van der Waals surface area (Å²) in [5.74, 6) is -1.79. The molecule has 10 heteroatoms. The Labute approximate surface area is 236 Å². The van der Waals surface area contributed by atoms with Gasteiger partial charge in [-0.1, -0.05) is 42.5 Å². The van der Waals surface area contributed by atoms with Crippen molar-refractivity contribution in [2.45, 2.75) is 78.2 Å². The summed E-state index contributed by atoms with van der Waals surface area (Å²) >= 11 is 0. The second kappa shape index (κ2) is 13.8. The average molecular weight is 556 g/mol. The van der Waals surface area contributed by atoms with Gasteiger partial charge >= 0.3 is 12.1 Å². The smallest absolute Gasteiger partial charge is 0.408 e. The molecule has 0 fully saturated rings. The number of hydrogen-bond acceptors (Lipinski definition) is 7. The Balaban J connectivity index is 2.37. The molecule has 0 heterocycles. The van der Waals surface area contributed by atoms with E-state index in [1.165, 1.54) is 29.2 Å². The third-order valence-electron chi connectivity index (χ3n) is 5.50. The second-order valence-corrected chi connectivity index (χ2v) is 11.3. The number of nitrogens with zero attached hydrogens (tertiary/aromatic N) is 1. The first-order valence-electron chi connectivity index (χ1n) is 13.2. The SMILES string of the molecule is CCN(C(=O)CNC(=O)OC(C)(C)C)C(C(=O)NC(Cc1ccccc1)C(=O)OC(C)(C)C)c1ccc(O)cc1. The highest BCUT2D eigenvalue weighted by atomic mass is 16.6. The molecular weight excluding hydrogens is 514 g/mol. The van der Waals surface area contributed by atoms with Gasteiger partial charge in [-0.25, -0.2) is 9.59 Å². The minimum Gasteiger partial charge on any atom is -0.508 e. The van der Waals surface area contributed by atoms with Crippen LogP contribution in [0, 0.1) is 0 Å². The highest BCUT2D eigenvalue weighted by molar-refractivity contribution is 5.92. The van der Waals surface area contributed by atoms with Gasteiger partial charge in [-0.15, -0.1) is 0 Å². The van der Waals surface area contributed by atoms with Crippen LogP contribution in [0.5, 0.6) is 5.75 Å². The summed E-state index contributed by atoms with van der Waals surface area (Å²) in [5, 5.41) is 15.0. The lowest BCUT2D eigenvalue weighted by molar-refractivity contribution is -0.159. The van der Waals surface area contributed by atoms with Gasteiger partial charge in [0.15, 0.2) is 0 Å². The van der Waals surface area contributed by atoms with Crippen molar-refractivity contribution in [3.8, 4) is 5.75 Å². The number of benzene rings is 2. The maximum absolute atomic E-state index is 13.8. The fraction of sp³-hybridized carbons (Fsp3) is 0.467. The van der Waals surface area contributed by atoms with Gasteiger partial charge in [-0.2, -0.15) is 0 Å². The molecule has 2 aromatic carbocycles. The molecule has 0 saturated heterocycles. The quantitative estimate of drug-likeness (QED) is 0.379. The number of aromatic hydroxyl groups is 1. The van der Waals surface area contributed by atoms with Crippen LogP contribution in [0.15, 0.2) is 54.6 Å². The Hall–Kier alpha value is -4.08.